The van der Waals surface area contributed by atoms with Crippen molar-refractivity contribution in [2.75, 3.05) is 4.90 Å². The highest BCUT2D eigenvalue weighted by Crippen LogP contribution is 2.59. The first-order chi connectivity index (χ1) is 39.2. The van der Waals surface area contributed by atoms with Gasteiger partial charge < -0.3 is 9.47 Å². The Kier molecular flexibility index (Phi) is 11.3. The number of para-hydroxylation sites is 2. The predicted molar refractivity (Wildman–Crippen MR) is 333 cm³/mol. The third-order valence-corrected chi connectivity index (χ3v) is 16.9. The molecule has 0 fully saturated rings. The van der Waals surface area contributed by atoms with Gasteiger partial charge in [-0.1, -0.05) is 237 Å². The first-order valence-electron chi connectivity index (χ1n) is 27.6. The fraction of sp³-hybridized carbons (Fsp3) is 0.0390. The average Bonchev–Trinajstić information content (AvgIpc) is 4.26. The zero-order chi connectivity index (χ0) is 52.3. The average molecular weight is 1010 g/mol. The number of nitrogens with zero attached hydrogens (tertiary/aromatic N) is 2. The maximum atomic E-state index is 2.50. The second-order valence-corrected chi connectivity index (χ2v) is 21.2. The summed E-state index contributed by atoms with van der Waals surface area (Å²) in [6.45, 7) is 0. The molecule has 13 aromatic rings. The largest absolute Gasteiger partial charge is 0.310 e. The molecule has 2 atom stereocenters. The van der Waals surface area contributed by atoms with Crippen LogP contribution in [0, 0.1) is 5.92 Å². The quantitative estimate of drug-likeness (QED) is 0.133. The van der Waals surface area contributed by atoms with Gasteiger partial charge in [0, 0.05) is 33.5 Å². The number of allylic oxidation sites excluding steroid dienone is 4. The maximum Gasteiger partial charge on any atom is 0.0541 e. The van der Waals surface area contributed by atoms with Gasteiger partial charge in [0.25, 0.3) is 0 Å². The lowest BCUT2D eigenvalue weighted by Crippen LogP contribution is -2.35. The molecule has 1 aromatic heterocycles. The Morgan fingerprint density at radius 1 is 0.342 bits per heavy atom. The van der Waals surface area contributed by atoms with Crippen molar-refractivity contribution in [1.29, 1.82) is 0 Å². The molecule has 0 radical (unpaired) electrons. The molecule has 2 unspecified atom stereocenters. The van der Waals surface area contributed by atoms with Gasteiger partial charge in [-0.05, 0) is 168 Å². The van der Waals surface area contributed by atoms with Crippen LogP contribution in [0.1, 0.15) is 23.1 Å². The van der Waals surface area contributed by atoms with Crippen LogP contribution in [-0.4, -0.2) is 4.57 Å². The fourth-order valence-electron chi connectivity index (χ4n) is 13.1. The third-order valence-electron chi connectivity index (χ3n) is 16.9. The molecule has 79 heavy (non-hydrogen) atoms. The van der Waals surface area contributed by atoms with Crippen LogP contribution in [0.5, 0.6) is 0 Å². The first-order valence-corrected chi connectivity index (χ1v) is 27.6. The van der Waals surface area contributed by atoms with Crippen LogP contribution >= 0.6 is 0 Å². The number of rotatable bonds is 10. The van der Waals surface area contributed by atoms with Crippen LogP contribution in [0.4, 0.5) is 17.1 Å². The van der Waals surface area contributed by atoms with Crippen LogP contribution in [0.2, 0.25) is 0 Å². The standard InChI is InChI=1S/C77H54N2/c1-3-22-63(23-4-1)77(64-24-5-2-6-25-64)73-30-12-9-27-69(73)70-48-47-68(52-74(70)77)78(66-45-41-57(42-46-66)59-19-15-20-60(49-59)62-38-37-53-17-7-8-18-58(53)50-62)65-43-39-55(40-44-65)54-33-35-56(36-34-54)61-21-16-26-67(51-61)79-75-31-13-10-28-71(75)72-29-11-14-32-76(72)79/h1-24,26-52,64H,25H2. The monoisotopic (exact) mass is 1010 g/mol. The normalized spacial score (nSPS) is 15.4. The molecule has 2 nitrogen and oxygen atoms in total. The fourth-order valence-corrected chi connectivity index (χ4v) is 13.1. The summed E-state index contributed by atoms with van der Waals surface area (Å²) >= 11 is 0. The summed E-state index contributed by atoms with van der Waals surface area (Å²) in [5.41, 5.74) is 22.6. The van der Waals surface area contributed by atoms with Crippen LogP contribution in [0.25, 0.3) is 93.9 Å². The maximum absolute atomic E-state index is 2.50. The van der Waals surface area contributed by atoms with Gasteiger partial charge in [-0.3, -0.25) is 0 Å². The Morgan fingerprint density at radius 2 is 0.861 bits per heavy atom. The summed E-state index contributed by atoms with van der Waals surface area (Å²) in [5.74, 6) is 0.227. The highest BCUT2D eigenvalue weighted by atomic mass is 15.1. The smallest absolute Gasteiger partial charge is 0.0541 e. The van der Waals surface area contributed by atoms with Crippen molar-refractivity contribution in [3.8, 4) is 61.3 Å². The summed E-state index contributed by atoms with van der Waals surface area (Å²) < 4.78 is 2.39. The Balaban J connectivity index is 0.807. The lowest BCUT2D eigenvalue weighted by molar-refractivity contribution is 0.457. The number of aromatic nitrogens is 1. The number of anilines is 3. The number of benzene rings is 12. The first kappa shape index (κ1) is 46.3. The van der Waals surface area contributed by atoms with E-state index in [0.29, 0.717) is 0 Å². The molecule has 15 rings (SSSR count). The van der Waals surface area contributed by atoms with Crippen LogP contribution in [0.3, 0.4) is 0 Å². The molecule has 0 aliphatic heterocycles. The second kappa shape index (κ2) is 19.2. The van der Waals surface area contributed by atoms with Crippen LogP contribution in [-0.2, 0) is 5.41 Å². The van der Waals surface area contributed by atoms with Gasteiger partial charge in [0.1, 0.15) is 0 Å². The molecule has 0 saturated heterocycles. The third kappa shape index (κ3) is 7.86. The molecular formula is C77H54N2. The van der Waals surface area contributed by atoms with E-state index in [1.54, 1.807) is 0 Å². The summed E-state index contributed by atoms with van der Waals surface area (Å²) in [7, 11) is 0. The molecule has 0 N–H and O–H groups in total. The van der Waals surface area contributed by atoms with Crippen LogP contribution in [0.15, 0.2) is 309 Å². The SMILES string of the molecule is C1=CCC(C2(c3ccccc3)c3ccccc3-c3ccc(N(c4ccc(-c5ccc(-c6cccc(-n7c8ccccc8c8ccccc87)c6)cc5)cc4)c4ccc(-c5cccc(-c6ccc7ccccc7c6)c5)cc4)cc32)C=C1. The molecule has 0 bridgehead atoms. The summed E-state index contributed by atoms with van der Waals surface area (Å²) in [5, 5.41) is 5.03. The van der Waals surface area contributed by atoms with Gasteiger partial charge in [0.2, 0.25) is 0 Å². The Hall–Kier alpha value is -10.0. The summed E-state index contributed by atoms with van der Waals surface area (Å²) in [6.07, 6.45) is 10.2. The lowest BCUT2D eigenvalue weighted by Gasteiger charge is -2.40. The lowest BCUT2D eigenvalue weighted by atomic mass is 9.62. The van der Waals surface area contributed by atoms with Crippen molar-refractivity contribution >= 4 is 49.6 Å². The van der Waals surface area contributed by atoms with Crippen LogP contribution < -0.4 is 4.90 Å². The van der Waals surface area contributed by atoms with E-state index in [0.717, 1.165) is 29.2 Å². The van der Waals surface area contributed by atoms with E-state index in [1.807, 2.05) is 0 Å². The van der Waals surface area contributed by atoms with E-state index in [2.05, 4.69) is 319 Å². The minimum absolute atomic E-state index is 0.227. The Morgan fingerprint density at radius 3 is 1.54 bits per heavy atom. The van der Waals surface area contributed by atoms with Crippen molar-refractivity contribution < 1.29 is 0 Å². The molecule has 2 aliphatic rings. The van der Waals surface area contributed by atoms with Crippen molar-refractivity contribution in [3.05, 3.63) is 326 Å². The Labute approximate surface area is 461 Å². The van der Waals surface area contributed by atoms with E-state index in [9.17, 15) is 0 Å². The molecule has 0 spiro atoms. The second-order valence-electron chi connectivity index (χ2n) is 21.2. The summed E-state index contributed by atoms with van der Waals surface area (Å²) in [6, 6.07) is 106. The van der Waals surface area contributed by atoms with E-state index in [4.69, 9.17) is 0 Å². The number of fused-ring (bicyclic) bond motifs is 7. The number of hydrogen-bond donors (Lipinski definition) is 0. The zero-order valence-corrected chi connectivity index (χ0v) is 43.6. The highest BCUT2D eigenvalue weighted by molar-refractivity contribution is 6.09. The van der Waals surface area contributed by atoms with Crippen molar-refractivity contribution in [2.45, 2.75) is 11.8 Å². The molecule has 2 heteroatoms. The van der Waals surface area contributed by atoms with Gasteiger partial charge in [-0.15, -0.1) is 0 Å². The molecule has 0 amide bonds. The van der Waals surface area contributed by atoms with Gasteiger partial charge in [-0.25, -0.2) is 0 Å². The van der Waals surface area contributed by atoms with Gasteiger partial charge in [-0.2, -0.15) is 0 Å². The topological polar surface area (TPSA) is 8.17 Å². The highest BCUT2D eigenvalue weighted by Gasteiger charge is 2.49. The molecule has 2 aliphatic carbocycles. The molecule has 1 heterocycles. The number of hydrogen-bond acceptors (Lipinski definition) is 1. The van der Waals surface area contributed by atoms with E-state index < -0.39 is 5.41 Å². The molecule has 12 aromatic carbocycles. The van der Waals surface area contributed by atoms with Gasteiger partial charge >= 0.3 is 0 Å². The molecular weight excluding hydrogens is 953 g/mol. The molecule has 0 saturated carbocycles. The molecule has 372 valence electrons. The van der Waals surface area contributed by atoms with E-state index >= 15 is 0 Å². The minimum Gasteiger partial charge on any atom is -0.310 e. The van der Waals surface area contributed by atoms with Gasteiger partial charge in [0.15, 0.2) is 0 Å². The van der Waals surface area contributed by atoms with E-state index in [-0.39, 0.29) is 5.92 Å². The zero-order valence-electron chi connectivity index (χ0n) is 43.6. The Bertz CT molecular complexity index is 4450. The van der Waals surface area contributed by atoms with Crippen molar-refractivity contribution in [1.82, 2.24) is 4.57 Å². The van der Waals surface area contributed by atoms with Crippen molar-refractivity contribution in [2.24, 2.45) is 5.92 Å². The van der Waals surface area contributed by atoms with E-state index in [1.165, 1.54) is 105 Å². The summed E-state index contributed by atoms with van der Waals surface area (Å²) in [4.78, 5) is 2.45. The van der Waals surface area contributed by atoms with Gasteiger partial charge in [0.05, 0.1) is 16.4 Å². The predicted octanol–water partition coefficient (Wildman–Crippen LogP) is 20.5. The van der Waals surface area contributed by atoms with Crippen molar-refractivity contribution in [3.63, 3.8) is 0 Å². The minimum atomic E-state index is -0.390.